The normalized spacial score (nSPS) is 32.3. The fourth-order valence-corrected chi connectivity index (χ4v) is 14.3. The first-order valence-corrected chi connectivity index (χ1v) is 27.5. The Morgan fingerprint density at radius 2 is 1.38 bits per heavy atom. The summed E-state index contributed by atoms with van der Waals surface area (Å²) in [6, 6.07) is 0. The molecule has 0 aliphatic heterocycles. The van der Waals surface area contributed by atoms with Gasteiger partial charge < -0.3 is 42.0 Å². The van der Waals surface area contributed by atoms with E-state index in [2.05, 4.69) is 31.4 Å². The third kappa shape index (κ3) is 14.8. The fourth-order valence-electron chi connectivity index (χ4n) is 11.5. The predicted octanol–water partition coefficient (Wildman–Crippen LogP) is 6.63. The molecular weight excluding hydrogens is 807 g/mol. The Kier molecular flexibility index (Phi) is 23.9. The smallest absolute Gasteiger partial charge is 0.220 e. The number of hydrogen-bond donors (Lipinski definition) is 5. The maximum Gasteiger partial charge on any atom is 0.220 e. The van der Waals surface area contributed by atoms with Crippen molar-refractivity contribution in [3.63, 3.8) is 0 Å². The first-order chi connectivity index (χ1) is 28.1. The lowest BCUT2D eigenvalue weighted by Crippen LogP contribution is -2.63. The summed E-state index contributed by atoms with van der Waals surface area (Å²) in [7, 11) is 0. The Labute approximate surface area is 370 Å². The number of ether oxygens (including phenoxy) is 3. The van der Waals surface area contributed by atoms with Crippen LogP contribution in [-0.4, -0.2) is 122 Å². The first-order valence-electron chi connectivity index (χ1n) is 22.9. The highest BCUT2D eigenvalue weighted by atomic mass is 32.2. The molecule has 4 rings (SSSR count). The highest BCUT2D eigenvalue weighted by Crippen LogP contribution is 2.69. The second kappa shape index (κ2) is 27.3. The van der Waals surface area contributed by atoms with E-state index in [0.717, 1.165) is 131 Å². The third-order valence-corrected chi connectivity index (χ3v) is 18.5. The highest BCUT2D eigenvalue weighted by molar-refractivity contribution is 7.99. The van der Waals surface area contributed by atoms with Gasteiger partial charge in [0.05, 0.1) is 24.2 Å². The summed E-state index contributed by atoms with van der Waals surface area (Å²) < 4.78 is 21.0. The van der Waals surface area contributed by atoms with Gasteiger partial charge in [-0.2, -0.15) is 35.3 Å². The van der Waals surface area contributed by atoms with Gasteiger partial charge in [0.2, 0.25) is 11.8 Å². The molecule has 14 heteroatoms. The number of hydrogen-bond acceptors (Lipinski definition) is 12. The molecule has 2 amide bonds. The van der Waals surface area contributed by atoms with E-state index in [0.29, 0.717) is 60.5 Å². The molecule has 10 nitrogen and oxygen atoms in total. The van der Waals surface area contributed by atoms with Crippen molar-refractivity contribution in [1.82, 2.24) is 10.6 Å². The minimum Gasteiger partial charge on any atom is -0.378 e. The van der Waals surface area contributed by atoms with Crippen molar-refractivity contribution in [3.05, 3.63) is 0 Å². The van der Waals surface area contributed by atoms with Gasteiger partial charge in [-0.15, -0.1) is 11.8 Å². The van der Waals surface area contributed by atoms with Gasteiger partial charge in [0.15, 0.2) is 0 Å². The van der Waals surface area contributed by atoms with Gasteiger partial charge in [-0.3, -0.25) is 9.59 Å². The van der Waals surface area contributed by atoms with Gasteiger partial charge in [-0.1, -0.05) is 20.8 Å². The molecule has 4 aliphatic rings. The van der Waals surface area contributed by atoms with Crippen molar-refractivity contribution in [2.45, 2.75) is 123 Å². The van der Waals surface area contributed by atoms with Crippen molar-refractivity contribution >= 4 is 58.9 Å². The molecule has 338 valence electrons. The largest absolute Gasteiger partial charge is 0.378 e. The van der Waals surface area contributed by atoms with E-state index in [-0.39, 0.29) is 34.9 Å². The summed E-state index contributed by atoms with van der Waals surface area (Å²) in [4.78, 5) is 24.2. The Morgan fingerprint density at radius 1 is 0.741 bits per heavy atom. The molecule has 0 aromatic rings. The van der Waals surface area contributed by atoms with Gasteiger partial charge >= 0.3 is 0 Å². The second-order valence-electron chi connectivity index (χ2n) is 18.0. The zero-order valence-electron chi connectivity index (χ0n) is 36.7. The SMILES string of the molecule is CC(=O)NCSCCNC(=O)CCC(C)[C@H]1CCC2C3C(C[C@H](OCCCSCCN)[C@@]21C)[C@@]1(C)CC[C@@H](OCCCSCCN)CC1C[C@H]3OCCCSCCN. The van der Waals surface area contributed by atoms with Crippen molar-refractivity contribution < 1.29 is 23.8 Å². The zero-order chi connectivity index (χ0) is 41.8. The molecule has 0 aromatic carbocycles. The molecule has 0 radical (unpaired) electrons. The molecule has 0 spiro atoms. The van der Waals surface area contributed by atoms with Crippen LogP contribution in [-0.2, 0) is 23.8 Å². The molecule has 0 saturated heterocycles. The number of thioether (sulfide) groups is 4. The summed E-state index contributed by atoms with van der Waals surface area (Å²) >= 11 is 7.45. The molecule has 8 N–H and O–H groups in total. The average molecular weight is 890 g/mol. The van der Waals surface area contributed by atoms with Crippen LogP contribution in [0.4, 0.5) is 0 Å². The fraction of sp³-hybridized carbons (Fsp3) is 0.955. The van der Waals surface area contributed by atoms with Gasteiger partial charge in [0, 0.05) is 87.8 Å². The number of fused-ring (bicyclic) bond motifs is 5. The van der Waals surface area contributed by atoms with Gasteiger partial charge in [-0.25, -0.2) is 0 Å². The second-order valence-corrected chi connectivity index (χ2v) is 22.7. The lowest BCUT2D eigenvalue weighted by molar-refractivity contribution is -0.227. The standard InChI is InChI=1S/C44H83N5O5S4/c1-32(8-11-41(51)48-17-27-58-31-49-33(2)50)36-9-10-37-42-38(30-40(44(36,37)4)54-20-7-23-57-26-16-47)43(3)13-12-35(52-18-5-21-55-24-14-45)28-34(43)29-39(42)53-19-6-22-56-25-15-46/h32,34-40,42H,5-31,45-47H2,1-4H3,(H,48,51)(H,49,50)/t32?,34?,35-,36-,37?,38?,39-,40+,42?,43+,44-/m1/s1. The maximum atomic E-state index is 13.0. The van der Waals surface area contributed by atoms with Gasteiger partial charge in [0.25, 0.3) is 0 Å². The molecule has 0 bridgehead atoms. The molecule has 0 heterocycles. The molecule has 0 aromatic heterocycles. The number of amides is 2. The van der Waals surface area contributed by atoms with Crippen LogP contribution in [0.25, 0.3) is 0 Å². The van der Waals surface area contributed by atoms with Crippen molar-refractivity contribution in [3.8, 4) is 0 Å². The van der Waals surface area contributed by atoms with E-state index >= 15 is 0 Å². The van der Waals surface area contributed by atoms with E-state index < -0.39 is 0 Å². The summed E-state index contributed by atoms with van der Waals surface area (Å²) in [5, 5.41) is 5.93. The van der Waals surface area contributed by atoms with Crippen molar-refractivity contribution in [2.24, 2.45) is 63.5 Å². The molecule has 58 heavy (non-hydrogen) atoms. The Balaban J connectivity index is 1.50. The van der Waals surface area contributed by atoms with E-state index in [9.17, 15) is 9.59 Å². The number of carbonyl (C=O) groups is 2. The number of nitrogens with two attached hydrogens (primary N) is 3. The van der Waals surface area contributed by atoms with Gasteiger partial charge in [0.1, 0.15) is 0 Å². The predicted molar refractivity (Wildman–Crippen MR) is 251 cm³/mol. The lowest BCUT2D eigenvalue weighted by atomic mass is 9.43. The molecular formula is C44H83N5O5S4. The topological polar surface area (TPSA) is 164 Å². The minimum atomic E-state index is -0.0258. The average Bonchev–Trinajstić information content (AvgIpc) is 3.57. The molecule has 5 unspecified atom stereocenters. The molecule has 11 atom stereocenters. The van der Waals surface area contributed by atoms with Gasteiger partial charge in [-0.05, 0) is 129 Å². The summed E-state index contributed by atoms with van der Waals surface area (Å²) in [6.45, 7) is 14.5. The van der Waals surface area contributed by atoms with Crippen LogP contribution >= 0.6 is 47.0 Å². The minimum absolute atomic E-state index is 0.0258. The van der Waals surface area contributed by atoms with Crippen molar-refractivity contribution in [1.29, 1.82) is 0 Å². The summed E-state index contributed by atoms with van der Waals surface area (Å²) in [5.74, 6) is 11.0. The van der Waals surface area contributed by atoms with E-state index in [1.807, 2.05) is 35.3 Å². The van der Waals surface area contributed by atoms with Crippen LogP contribution in [0.1, 0.15) is 105 Å². The molecule has 4 fully saturated rings. The first kappa shape index (κ1) is 50.7. The number of carbonyl (C=O) groups excluding carboxylic acids is 2. The molecule has 4 aliphatic carbocycles. The Bertz CT molecular complexity index is 1180. The number of nitrogens with one attached hydrogen (secondary N) is 2. The Morgan fingerprint density at radius 3 is 2.02 bits per heavy atom. The zero-order valence-corrected chi connectivity index (χ0v) is 40.0. The van der Waals surface area contributed by atoms with E-state index in [1.165, 1.54) is 26.2 Å². The van der Waals surface area contributed by atoms with E-state index in [4.69, 9.17) is 31.4 Å². The monoisotopic (exact) mass is 890 g/mol. The third-order valence-electron chi connectivity index (χ3n) is 14.4. The maximum absolute atomic E-state index is 13.0. The van der Waals surface area contributed by atoms with Crippen LogP contribution in [0, 0.1) is 46.3 Å². The number of rotatable bonds is 30. The molecule has 4 saturated carbocycles. The van der Waals surface area contributed by atoms with Crippen molar-refractivity contribution in [2.75, 3.05) is 92.1 Å². The lowest BCUT2D eigenvalue weighted by Gasteiger charge is -2.65. The summed E-state index contributed by atoms with van der Waals surface area (Å²) in [5.41, 5.74) is 17.6. The van der Waals surface area contributed by atoms with Crippen LogP contribution in [0.5, 0.6) is 0 Å². The Hall–Kier alpha value is 0.1000. The van der Waals surface area contributed by atoms with E-state index in [1.54, 1.807) is 11.8 Å². The van der Waals surface area contributed by atoms with Crippen LogP contribution in [0.3, 0.4) is 0 Å². The summed E-state index contributed by atoms with van der Waals surface area (Å²) in [6.07, 6.45) is 13.6. The van der Waals surface area contributed by atoms with Crippen LogP contribution in [0.15, 0.2) is 0 Å². The van der Waals surface area contributed by atoms with Crippen LogP contribution < -0.4 is 27.8 Å². The quantitative estimate of drug-likeness (QED) is 0.0388. The highest BCUT2D eigenvalue weighted by Gasteiger charge is 2.66. The van der Waals surface area contributed by atoms with Crippen LogP contribution in [0.2, 0.25) is 0 Å².